The van der Waals surface area contributed by atoms with Crippen molar-refractivity contribution in [2.24, 2.45) is 5.41 Å². The number of imidazole rings is 1. The number of amides is 1. The molecule has 3 aliphatic carbocycles. The van der Waals surface area contributed by atoms with Crippen LogP contribution in [-0.4, -0.2) is 25.3 Å². The Morgan fingerprint density at radius 1 is 1.23 bits per heavy atom. The van der Waals surface area contributed by atoms with Crippen LogP contribution in [-0.2, 0) is 16.8 Å². The van der Waals surface area contributed by atoms with E-state index in [1.165, 1.54) is 36.1 Å². The second-order valence-electron chi connectivity index (χ2n) is 9.75. The van der Waals surface area contributed by atoms with Gasteiger partial charge in [0.05, 0.1) is 27.6 Å². The average Bonchev–Trinajstić information content (AvgIpc) is 3.78. The molecule has 4 heterocycles. The number of nitrogens with one attached hydrogen (secondary N) is 2. The van der Waals surface area contributed by atoms with E-state index in [0.29, 0.717) is 34.0 Å². The molecule has 3 fully saturated rings. The predicted octanol–water partition coefficient (Wildman–Crippen LogP) is 4.87. The Morgan fingerprint density at radius 2 is 2.06 bits per heavy atom. The molecule has 1 amide bonds. The van der Waals surface area contributed by atoms with E-state index in [-0.39, 0.29) is 11.3 Å². The van der Waals surface area contributed by atoms with Gasteiger partial charge in [-0.25, -0.2) is 15.0 Å². The maximum Gasteiger partial charge on any atom is 0.232 e. The zero-order valence-corrected chi connectivity index (χ0v) is 20.2. The molecule has 0 bridgehead atoms. The topological polar surface area (TPSA) is 108 Å². The van der Waals surface area contributed by atoms with Crippen LogP contribution in [0.3, 0.4) is 0 Å². The van der Waals surface area contributed by atoms with E-state index in [9.17, 15) is 10.1 Å². The van der Waals surface area contributed by atoms with Gasteiger partial charge in [0.1, 0.15) is 29.7 Å². The number of halogens is 1. The van der Waals surface area contributed by atoms with Crippen molar-refractivity contribution in [1.29, 1.82) is 5.26 Å². The van der Waals surface area contributed by atoms with E-state index < -0.39 is 5.41 Å². The van der Waals surface area contributed by atoms with Crippen LogP contribution in [0.4, 0.5) is 11.6 Å². The third kappa shape index (κ3) is 3.32. The zero-order chi connectivity index (χ0) is 23.8. The first kappa shape index (κ1) is 20.9. The van der Waals surface area contributed by atoms with E-state index in [0.717, 1.165) is 29.1 Å². The Morgan fingerprint density at radius 3 is 2.86 bits per heavy atom. The van der Waals surface area contributed by atoms with Crippen LogP contribution >= 0.6 is 22.9 Å². The minimum Gasteiger partial charge on any atom is -0.364 e. The molecule has 0 atom stereocenters. The van der Waals surface area contributed by atoms with Crippen molar-refractivity contribution in [2.75, 3.05) is 10.6 Å². The van der Waals surface area contributed by atoms with Gasteiger partial charge in [0.25, 0.3) is 0 Å². The Labute approximate surface area is 210 Å². The van der Waals surface area contributed by atoms with E-state index in [4.69, 9.17) is 11.6 Å². The molecule has 2 N–H and O–H groups in total. The molecule has 8 nitrogen and oxygen atoms in total. The van der Waals surface area contributed by atoms with Gasteiger partial charge in [0.15, 0.2) is 0 Å². The standard InChI is InChI=1S/C25H20ClN7OS/c26-18-5-16(7-27)22(35-18)24-11-25(24,12-24)23(34)32-20-6-19(29-13-30-20)28-8-17-10-33-9-15(14-1-2-14)3-4-21(33)31-17/h3-6,9-10,13-14H,1-2,8,11-12H2,(H2,28,29,30,32,34). The van der Waals surface area contributed by atoms with Crippen LogP contribution < -0.4 is 10.6 Å². The number of thiophene rings is 1. The maximum absolute atomic E-state index is 13.1. The van der Waals surface area contributed by atoms with Crippen molar-refractivity contribution in [2.45, 2.75) is 43.6 Å². The fourth-order valence-electron chi connectivity index (χ4n) is 5.19. The van der Waals surface area contributed by atoms with Crippen LogP contribution in [0.25, 0.3) is 5.65 Å². The number of nitriles is 1. The van der Waals surface area contributed by atoms with E-state index >= 15 is 0 Å². The van der Waals surface area contributed by atoms with Crippen molar-refractivity contribution in [3.05, 3.63) is 69.0 Å². The molecule has 0 aliphatic heterocycles. The Bertz CT molecular complexity index is 1560. The fraction of sp³-hybridized carbons (Fsp3) is 0.320. The van der Waals surface area contributed by atoms with Crippen molar-refractivity contribution in [1.82, 2.24) is 19.4 Å². The SMILES string of the molecule is N#Cc1cc(Cl)sc1C12CC1(C(=O)Nc1cc(NCc3cn4cc(C5CC5)ccc4n3)ncn1)C2. The van der Waals surface area contributed by atoms with Gasteiger partial charge < -0.3 is 15.0 Å². The van der Waals surface area contributed by atoms with Gasteiger partial charge in [-0.15, -0.1) is 11.3 Å². The molecule has 4 aromatic rings. The molecule has 0 radical (unpaired) electrons. The third-order valence-corrected chi connectivity index (χ3v) is 8.96. The van der Waals surface area contributed by atoms with Crippen LogP contribution in [0.2, 0.25) is 4.34 Å². The highest BCUT2D eigenvalue weighted by Crippen LogP contribution is 2.87. The highest BCUT2D eigenvalue weighted by molar-refractivity contribution is 7.16. The van der Waals surface area contributed by atoms with Crippen molar-refractivity contribution < 1.29 is 4.79 Å². The monoisotopic (exact) mass is 501 g/mol. The highest BCUT2D eigenvalue weighted by atomic mass is 35.5. The van der Waals surface area contributed by atoms with E-state index in [2.05, 4.69) is 54.4 Å². The molecule has 7 rings (SSSR count). The lowest BCUT2D eigenvalue weighted by Crippen LogP contribution is -2.19. The first-order chi connectivity index (χ1) is 17.0. The van der Waals surface area contributed by atoms with Gasteiger partial charge in [-0.1, -0.05) is 17.7 Å². The van der Waals surface area contributed by atoms with Gasteiger partial charge in [-0.3, -0.25) is 4.79 Å². The molecule has 3 aliphatic rings. The molecule has 0 saturated heterocycles. The van der Waals surface area contributed by atoms with E-state index in [1.54, 1.807) is 12.1 Å². The smallest absolute Gasteiger partial charge is 0.232 e. The Balaban J connectivity index is 1.02. The van der Waals surface area contributed by atoms with Crippen molar-refractivity contribution in [3.8, 4) is 6.07 Å². The quantitative estimate of drug-likeness (QED) is 0.374. The third-order valence-electron chi connectivity index (χ3n) is 7.50. The predicted molar refractivity (Wildman–Crippen MR) is 133 cm³/mol. The highest BCUT2D eigenvalue weighted by Gasteiger charge is 2.88. The van der Waals surface area contributed by atoms with Crippen LogP contribution in [0.15, 0.2) is 43.0 Å². The summed E-state index contributed by atoms with van der Waals surface area (Å²) in [7, 11) is 0. The molecule has 0 spiro atoms. The maximum atomic E-state index is 13.1. The summed E-state index contributed by atoms with van der Waals surface area (Å²) in [6.45, 7) is 0.508. The number of rotatable bonds is 7. The number of carbonyl (C=O) groups excluding carboxylic acids is 1. The molecule has 174 valence electrons. The summed E-state index contributed by atoms with van der Waals surface area (Å²) >= 11 is 7.53. The zero-order valence-electron chi connectivity index (χ0n) is 18.6. The molecule has 3 saturated carbocycles. The minimum atomic E-state index is -0.457. The van der Waals surface area contributed by atoms with E-state index in [1.807, 2.05) is 6.20 Å². The molecular formula is C25H20ClN7OS. The largest absolute Gasteiger partial charge is 0.364 e. The van der Waals surface area contributed by atoms with Gasteiger partial charge >= 0.3 is 0 Å². The molecule has 0 aromatic carbocycles. The first-order valence-corrected chi connectivity index (χ1v) is 12.7. The first-order valence-electron chi connectivity index (χ1n) is 11.5. The summed E-state index contributed by atoms with van der Waals surface area (Å²) < 4.78 is 2.66. The fourth-order valence-corrected chi connectivity index (χ4v) is 6.65. The number of aromatic nitrogens is 4. The van der Waals surface area contributed by atoms with Gasteiger partial charge in [-0.2, -0.15) is 5.26 Å². The summed E-state index contributed by atoms with van der Waals surface area (Å²) in [5.74, 6) is 1.69. The number of fused-ring (bicyclic) bond motifs is 2. The lowest BCUT2D eigenvalue weighted by atomic mass is 10.1. The lowest BCUT2D eigenvalue weighted by molar-refractivity contribution is -0.119. The molecule has 4 aromatic heterocycles. The molecule has 10 heteroatoms. The van der Waals surface area contributed by atoms with Crippen LogP contribution in [0.5, 0.6) is 0 Å². The van der Waals surface area contributed by atoms with Gasteiger partial charge in [0.2, 0.25) is 5.91 Å². The summed E-state index contributed by atoms with van der Waals surface area (Å²) in [4.78, 5) is 27.2. The Hall–Kier alpha value is -3.48. The van der Waals surface area contributed by atoms with Crippen molar-refractivity contribution in [3.63, 3.8) is 0 Å². The second kappa shape index (κ2) is 7.26. The van der Waals surface area contributed by atoms with Gasteiger partial charge in [-0.05, 0) is 49.3 Å². The summed E-state index contributed by atoms with van der Waals surface area (Å²) in [5, 5.41) is 15.6. The van der Waals surface area contributed by atoms with Crippen LogP contribution in [0.1, 0.15) is 53.3 Å². The minimum absolute atomic E-state index is 0.0672. The normalized spacial score (nSPS) is 24.0. The number of pyridine rings is 1. The number of hydrogen-bond donors (Lipinski definition) is 2. The number of carbonyl (C=O) groups is 1. The Kier molecular flexibility index (Phi) is 4.33. The lowest BCUT2D eigenvalue weighted by Gasteiger charge is -2.08. The summed E-state index contributed by atoms with van der Waals surface area (Å²) in [5.41, 5.74) is 3.08. The molecule has 35 heavy (non-hydrogen) atoms. The average molecular weight is 502 g/mol. The van der Waals surface area contributed by atoms with Crippen molar-refractivity contribution >= 4 is 46.1 Å². The molecule has 0 unspecified atom stereocenters. The van der Waals surface area contributed by atoms with Gasteiger partial charge in [0, 0.05) is 28.8 Å². The summed E-state index contributed by atoms with van der Waals surface area (Å²) in [6.07, 6.45) is 9.65. The van der Waals surface area contributed by atoms with Crippen LogP contribution in [0, 0.1) is 16.7 Å². The summed E-state index contributed by atoms with van der Waals surface area (Å²) in [6, 6.07) is 9.85. The number of hydrogen-bond acceptors (Lipinski definition) is 7. The number of nitrogens with zero attached hydrogens (tertiary/aromatic N) is 5. The molecular weight excluding hydrogens is 482 g/mol. The second-order valence-corrected chi connectivity index (χ2v) is 11.4. The number of anilines is 2.